The average Bonchev–Trinajstić information content (AvgIpc) is 3.22. The molecule has 0 spiro atoms. The Hall–Kier alpha value is -3.04. The fourth-order valence-electron chi connectivity index (χ4n) is 3.64. The van der Waals surface area contributed by atoms with Crippen LogP contribution in [0.25, 0.3) is 0 Å². The number of sulfonamides is 1. The second kappa shape index (κ2) is 8.99. The minimum absolute atomic E-state index is 0.141. The Labute approximate surface area is 180 Å². The van der Waals surface area contributed by atoms with Gasteiger partial charge in [-0.25, -0.2) is 12.8 Å². The Bertz CT molecular complexity index is 1140. The van der Waals surface area contributed by atoms with E-state index in [4.69, 9.17) is 0 Å². The minimum atomic E-state index is -3.53. The molecule has 1 N–H and O–H groups in total. The maximum absolute atomic E-state index is 13.0. The van der Waals surface area contributed by atoms with E-state index in [9.17, 15) is 17.6 Å². The van der Waals surface area contributed by atoms with Gasteiger partial charge in [0.05, 0.1) is 23.3 Å². The van der Waals surface area contributed by atoms with Crippen LogP contribution in [-0.4, -0.2) is 41.5 Å². The van der Waals surface area contributed by atoms with Gasteiger partial charge in [0.15, 0.2) is 0 Å². The highest BCUT2D eigenvalue weighted by Gasteiger charge is 2.32. The minimum Gasteiger partial charge on any atom is -0.323 e. The fourth-order valence-corrected chi connectivity index (χ4v) is 5.13. The average molecular weight is 443 g/mol. The van der Waals surface area contributed by atoms with Crippen LogP contribution in [0.5, 0.6) is 0 Å². The number of amides is 1. The van der Waals surface area contributed by atoms with E-state index < -0.39 is 10.0 Å². The van der Waals surface area contributed by atoms with E-state index in [2.05, 4.69) is 10.4 Å². The first-order valence-corrected chi connectivity index (χ1v) is 11.5. The van der Waals surface area contributed by atoms with Crippen molar-refractivity contribution in [1.82, 2.24) is 14.1 Å². The number of rotatable bonds is 6. The summed E-state index contributed by atoms with van der Waals surface area (Å²) in [7, 11) is -3.53. The third kappa shape index (κ3) is 5.00. The van der Waals surface area contributed by atoms with Gasteiger partial charge in [-0.2, -0.15) is 9.40 Å². The molecule has 162 valence electrons. The summed E-state index contributed by atoms with van der Waals surface area (Å²) in [6.07, 6.45) is 4.20. The molecule has 0 aliphatic carbocycles. The number of hydrogen-bond donors (Lipinski definition) is 1. The maximum Gasteiger partial charge on any atom is 0.243 e. The number of carbonyl (C=O) groups is 1. The van der Waals surface area contributed by atoms with Gasteiger partial charge in [0.1, 0.15) is 5.82 Å². The molecule has 0 radical (unpaired) electrons. The van der Waals surface area contributed by atoms with E-state index in [0.29, 0.717) is 38.2 Å². The first kappa shape index (κ1) is 21.2. The number of carbonyl (C=O) groups excluding carboxylic acids is 1. The van der Waals surface area contributed by atoms with E-state index >= 15 is 0 Å². The molecule has 1 aliphatic rings. The van der Waals surface area contributed by atoms with Gasteiger partial charge in [0.2, 0.25) is 15.9 Å². The van der Waals surface area contributed by atoms with Gasteiger partial charge in [-0.05, 0) is 42.7 Å². The Morgan fingerprint density at radius 2 is 1.74 bits per heavy atom. The van der Waals surface area contributed by atoms with Gasteiger partial charge >= 0.3 is 0 Å². The molecule has 2 aromatic carbocycles. The van der Waals surface area contributed by atoms with Gasteiger partial charge in [-0.1, -0.05) is 30.3 Å². The third-order valence-electron chi connectivity index (χ3n) is 5.36. The molecule has 0 atom stereocenters. The molecule has 2 heterocycles. The molecular weight excluding hydrogens is 419 g/mol. The van der Waals surface area contributed by atoms with Crippen molar-refractivity contribution < 1.29 is 17.6 Å². The van der Waals surface area contributed by atoms with Gasteiger partial charge in [-0.15, -0.1) is 0 Å². The smallest absolute Gasteiger partial charge is 0.243 e. The van der Waals surface area contributed by atoms with Crippen molar-refractivity contribution in [3.63, 3.8) is 0 Å². The second-order valence-electron chi connectivity index (χ2n) is 7.53. The van der Waals surface area contributed by atoms with Crippen LogP contribution in [0, 0.1) is 11.7 Å². The van der Waals surface area contributed by atoms with Crippen molar-refractivity contribution in [3.05, 3.63) is 78.4 Å². The topological polar surface area (TPSA) is 84.3 Å². The van der Waals surface area contributed by atoms with Crippen LogP contribution in [0.15, 0.2) is 71.9 Å². The van der Waals surface area contributed by atoms with Crippen molar-refractivity contribution in [2.24, 2.45) is 5.92 Å². The second-order valence-corrected chi connectivity index (χ2v) is 9.47. The Morgan fingerprint density at radius 3 is 2.42 bits per heavy atom. The molecule has 9 heteroatoms. The lowest BCUT2D eigenvalue weighted by atomic mass is 9.97. The fraction of sp³-hybridized carbons (Fsp3) is 0.273. The summed E-state index contributed by atoms with van der Waals surface area (Å²) < 4.78 is 41.6. The molecular formula is C22H23FN4O3S. The number of piperidine rings is 1. The molecule has 1 aromatic heterocycles. The lowest BCUT2D eigenvalue weighted by Gasteiger charge is -2.30. The first-order valence-electron chi connectivity index (χ1n) is 10.0. The van der Waals surface area contributed by atoms with Crippen molar-refractivity contribution in [2.45, 2.75) is 24.3 Å². The number of halogens is 1. The molecule has 1 fully saturated rings. The summed E-state index contributed by atoms with van der Waals surface area (Å²) in [5.74, 6) is -0.694. The molecule has 1 aliphatic heterocycles. The van der Waals surface area contributed by atoms with E-state index in [0.717, 1.165) is 5.56 Å². The lowest BCUT2D eigenvalue weighted by Crippen LogP contribution is -2.41. The van der Waals surface area contributed by atoms with E-state index in [1.165, 1.54) is 16.4 Å². The Kier molecular flexibility index (Phi) is 6.15. The number of benzene rings is 2. The highest BCUT2D eigenvalue weighted by molar-refractivity contribution is 7.89. The predicted octanol–water partition coefficient (Wildman–Crippen LogP) is 3.11. The predicted molar refractivity (Wildman–Crippen MR) is 114 cm³/mol. The van der Waals surface area contributed by atoms with Crippen LogP contribution >= 0.6 is 0 Å². The van der Waals surface area contributed by atoms with Crippen molar-refractivity contribution >= 4 is 21.6 Å². The zero-order valence-corrected chi connectivity index (χ0v) is 17.6. The summed E-state index contributed by atoms with van der Waals surface area (Å²) in [4.78, 5) is 12.9. The third-order valence-corrected chi connectivity index (χ3v) is 7.28. The summed E-state index contributed by atoms with van der Waals surface area (Å²) in [6.45, 7) is 1.07. The van der Waals surface area contributed by atoms with Crippen molar-refractivity contribution in [3.8, 4) is 0 Å². The summed E-state index contributed by atoms with van der Waals surface area (Å²) in [5, 5.41) is 7.09. The quantitative estimate of drug-likeness (QED) is 0.636. The monoisotopic (exact) mass is 442 g/mol. The largest absolute Gasteiger partial charge is 0.323 e. The van der Waals surface area contributed by atoms with Gasteiger partial charge in [0, 0.05) is 25.2 Å². The number of nitrogens with one attached hydrogen (secondary N) is 1. The van der Waals surface area contributed by atoms with Gasteiger partial charge in [-0.3, -0.25) is 9.48 Å². The van der Waals surface area contributed by atoms with Crippen molar-refractivity contribution in [1.29, 1.82) is 0 Å². The molecule has 0 bridgehead atoms. The zero-order valence-electron chi connectivity index (χ0n) is 16.8. The summed E-state index contributed by atoms with van der Waals surface area (Å²) >= 11 is 0. The molecule has 1 saturated heterocycles. The Morgan fingerprint density at radius 1 is 1.06 bits per heavy atom. The van der Waals surface area contributed by atoms with Crippen molar-refractivity contribution in [2.75, 3.05) is 18.4 Å². The Balaban J connectivity index is 1.31. The van der Waals surface area contributed by atoms with Crippen LogP contribution < -0.4 is 5.32 Å². The molecule has 31 heavy (non-hydrogen) atoms. The van der Waals surface area contributed by atoms with E-state index in [1.54, 1.807) is 59.5 Å². The molecule has 1 amide bonds. The van der Waals surface area contributed by atoms with Gasteiger partial charge < -0.3 is 5.32 Å². The first-order chi connectivity index (χ1) is 14.9. The molecule has 4 rings (SSSR count). The lowest BCUT2D eigenvalue weighted by molar-refractivity contribution is -0.120. The SMILES string of the molecule is O=C(Nc1cnn(Cc2ccc(F)cc2)c1)C1CCN(S(=O)(=O)c2ccccc2)CC1. The van der Waals surface area contributed by atoms with Crippen LogP contribution in [0.4, 0.5) is 10.1 Å². The summed E-state index contributed by atoms with van der Waals surface area (Å²) in [6, 6.07) is 14.5. The normalized spacial score (nSPS) is 15.6. The molecule has 3 aromatic rings. The molecule has 7 nitrogen and oxygen atoms in total. The maximum atomic E-state index is 13.0. The standard InChI is InChI=1S/C22H23FN4O3S/c23-19-8-6-17(7-9-19)15-26-16-20(14-24-26)25-22(28)18-10-12-27(13-11-18)31(29,30)21-4-2-1-3-5-21/h1-9,14,16,18H,10-13,15H2,(H,25,28). The van der Waals surface area contributed by atoms with Crippen LogP contribution in [0.2, 0.25) is 0 Å². The molecule has 0 saturated carbocycles. The zero-order chi connectivity index (χ0) is 21.8. The molecule has 0 unspecified atom stereocenters. The number of hydrogen-bond acceptors (Lipinski definition) is 4. The number of anilines is 1. The van der Waals surface area contributed by atoms with Gasteiger partial charge in [0.25, 0.3) is 0 Å². The summed E-state index contributed by atoms with van der Waals surface area (Å²) in [5.41, 5.74) is 1.47. The number of aromatic nitrogens is 2. The number of nitrogens with zero attached hydrogens (tertiary/aromatic N) is 3. The van der Waals surface area contributed by atoms with Crippen LogP contribution in [0.1, 0.15) is 18.4 Å². The highest BCUT2D eigenvalue weighted by Crippen LogP contribution is 2.24. The van der Waals surface area contributed by atoms with Crippen LogP contribution in [0.3, 0.4) is 0 Å². The highest BCUT2D eigenvalue weighted by atomic mass is 32.2. The van der Waals surface area contributed by atoms with E-state index in [1.807, 2.05) is 0 Å². The van der Waals surface area contributed by atoms with Crippen LogP contribution in [-0.2, 0) is 21.4 Å². The van der Waals surface area contributed by atoms with E-state index in [-0.39, 0.29) is 22.5 Å².